The van der Waals surface area contributed by atoms with Crippen LogP contribution in [0.15, 0.2) is 11.2 Å². The minimum absolute atomic E-state index is 0. The molecule has 0 aliphatic carbocycles. The molecule has 8 heteroatoms. The highest BCUT2D eigenvalue weighted by Crippen LogP contribution is 2.10. The number of piperazine rings is 1. The van der Waals surface area contributed by atoms with E-state index in [0.29, 0.717) is 0 Å². The summed E-state index contributed by atoms with van der Waals surface area (Å²) in [5.74, 6) is 0.859. The summed E-state index contributed by atoms with van der Waals surface area (Å²) < 4.78 is 0. The number of hydrogen-bond donors (Lipinski definition) is 2. The third kappa shape index (κ3) is 8.09. The molecule has 24 heavy (non-hydrogen) atoms. The van der Waals surface area contributed by atoms with Crippen molar-refractivity contribution in [2.75, 3.05) is 53.4 Å². The van der Waals surface area contributed by atoms with Gasteiger partial charge >= 0.3 is 0 Å². The summed E-state index contributed by atoms with van der Waals surface area (Å²) in [6.07, 6.45) is 4.32. The third-order valence-electron chi connectivity index (χ3n) is 4.09. The van der Waals surface area contributed by atoms with Crippen molar-refractivity contribution >= 4 is 41.3 Å². The summed E-state index contributed by atoms with van der Waals surface area (Å²) >= 11 is 1.72. The topological polar surface area (TPSA) is 55.8 Å². The molecule has 1 fully saturated rings. The average Bonchev–Trinajstić information content (AvgIpc) is 2.97. The van der Waals surface area contributed by atoms with Crippen LogP contribution in [0.1, 0.15) is 22.7 Å². The van der Waals surface area contributed by atoms with E-state index < -0.39 is 0 Å². The lowest BCUT2D eigenvalue weighted by molar-refractivity contribution is 0.152. The van der Waals surface area contributed by atoms with Crippen LogP contribution in [-0.4, -0.2) is 74.1 Å². The number of nitrogens with one attached hydrogen (secondary N) is 2. The van der Waals surface area contributed by atoms with Gasteiger partial charge in [0.1, 0.15) is 5.01 Å². The molecule has 2 rings (SSSR count). The van der Waals surface area contributed by atoms with Crippen LogP contribution in [0.2, 0.25) is 0 Å². The second-order valence-corrected chi connectivity index (χ2v) is 7.39. The van der Waals surface area contributed by atoms with Gasteiger partial charge in [-0.05, 0) is 33.4 Å². The summed E-state index contributed by atoms with van der Waals surface area (Å²) in [7, 11) is 4.01. The second kappa shape index (κ2) is 12.0. The van der Waals surface area contributed by atoms with Crippen LogP contribution in [-0.2, 0) is 6.54 Å². The highest BCUT2D eigenvalue weighted by molar-refractivity contribution is 14.0. The lowest BCUT2D eigenvalue weighted by atomic mass is 10.2. The van der Waals surface area contributed by atoms with E-state index in [4.69, 9.17) is 0 Å². The fraction of sp³-hybridized carbons (Fsp3) is 0.750. The zero-order chi connectivity index (χ0) is 16.5. The summed E-state index contributed by atoms with van der Waals surface area (Å²) in [4.78, 5) is 14.8. The molecule has 0 amide bonds. The molecule has 0 saturated carbocycles. The molecule has 138 valence electrons. The van der Waals surface area contributed by atoms with E-state index in [1.54, 1.807) is 11.3 Å². The minimum atomic E-state index is 0. The number of aryl methyl sites for hydroxylation is 1. The number of likely N-dealkylation sites (N-methyl/N-ethyl adjacent to an activating group) is 1. The van der Waals surface area contributed by atoms with Crippen molar-refractivity contribution in [3.63, 3.8) is 0 Å². The molecule has 0 bridgehead atoms. The highest BCUT2D eigenvalue weighted by atomic mass is 127. The Kier molecular flexibility index (Phi) is 10.8. The number of thiazole rings is 1. The van der Waals surface area contributed by atoms with Gasteiger partial charge in [0.05, 0.1) is 6.54 Å². The van der Waals surface area contributed by atoms with E-state index in [2.05, 4.69) is 44.4 Å². The monoisotopic (exact) mass is 466 g/mol. The van der Waals surface area contributed by atoms with Gasteiger partial charge in [-0.2, -0.15) is 0 Å². The Morgan fingerprint density at radius 3 is 2.62 bits per heavy atom. The normalized spacial score (nSPS) is 16.7. The molecule has 1 aliphatic heterocycles. The predicted molar refractivity (Wildman–Crippen MR) is 114 cm³/mol. The molecule has 0 unspecified atom stereocenters. The first kappa shape index (κ1) is 21.6. The lowest BCUT2D eigenvalue weighted by Crippen LogP contribution is -2.44. The van der Waals surface area contributed by atoms with Gasteiger partial charge in [-0.25, -0.2) is 4.98 Å². The Labute approximate surface area is 167 Å². The molecule has 1 saturated heterocycles. The minimum Gasteiger partial charge on any atom is -0.356 e. The molecule has 6 nitrogen and oxygen atoms in total. The number of guanidine groups is 1. The van der Waals surface area contributed by atoms with Crippen molar-refractivity contribution in [2.45, 2.75) is 26.3 Å². The second-order valence-electron chi connectivity index (χ2n) is 6.07. The van der Waals surface area contributed by atoms with Crippen LogP contribution >= 0.6 is 35.3 Å². The van der Waals surface area contributed by atoms with Crippen LogP contribution < -0.4 is 10.6 Å². The Bertz CT molecular complexity index is 485. The van der Waals surface area contributed by atoms with Crippen molar-refractivity contribution in [1.29, 1.82) is 0 Å². The largest absolute Gasteiger partial charge is 0.356 e. The zero-order valence-corrected chi connectivity index (χ0v) is 18.2. The summed E-state index contributed by atoms with van der Waals surface area (Å²) in [6, 6.07) is 0. The Morgan fingerprint density at radius 2 is 2.00 bits per heavy atom. The molecule has 1 aliphatic rings. The Balaban J connectivity index is 0.00000288. The number of aromatic nitrogens is 1. The fourth-order valence-corrected chi connectivity index (χ4v) is 3.33. The molecular formula is C16H31IN6S. The third-order valence-corrected chi connectivity index (χ3v) is 5.00. The predicted octanol–water partition coefficient (Wildman–Crippen LogP) is 1.76. The number of unbranched alkanes of at least 4 members (excludes halogenated alkanes) is 1. The van der Waals surface area contributed by atoms with E-state index >= 15 is 0 Å². The summed E-state index contributed by atoms with van der Waals surface area (Å²) in [6.45, 7) is 9.80. The van der Waals surface area contributed by atoms with Crippen LogP contribution in [0.4, 0.5) is 0 Å². The first-order valence-corrected chi connectivity index (χ1v) is 9.26. The van der Waals surface area contributed by atoms with Crippen LogP contribution in [0.5, 0.6) is 0 Å². The SMILES string of the molecule is CN=C(NCCCCN1CCN(C)CC1)NCc1ncc(C)s1.I. The number of hydrogen-bond acceptors (Lipinski definition) is 5. The van der Waals surface area contributed by atoms with Gasteiger partial charge in [0, 0.05) is 50.8 Å². The van der Waals surface area contributed by atoms with E-state index in [0.717, 1.165) is 24.1 Å². The highest BCUT2D eigenvalue weighted by Gasteiger charge is 2.12. The van der Waals surface area contributed by atoms with E-state index in [1.807, 2.05) is 13.2 Å². The van der Waals surface area contributed by atoms with Gasteiger partial charge in [0.25, 0.3) is 0 Å². The molecule has 0 radical (unpaired) electrons. The van der Waals surface area contributed by atoms with Gasteiger partial charge in [-0.15, -0.1) is 35.3 Å². The molecular weight excluding hydrogens is 435 g/mol. The van der Waals surface area contributed by atoms with E-state index in [-0.39, 0.29) is 24.0 Å². The number of aliphatic imine (C=N–C) groups is 1. The van der Waals surface area contributed by atoms with Crippen molar-refractivity contribution < 1.29 is 0 Å². The fourth-order valence-electron chi connectivity index (χ4n) is 2.60. The summed E-state index contributed by atoms with van der Waals surface area (Å²) in [5.41, 5.74) is 0. The Morgan fingerprint density at radius 1 is 1.25 bits per heavy atom. The molecule has 0 aromatic carbocycles. The van der Waals surface area contributed by atoms with Crippen LogP contribution in [0.25, 0.3) is 0 Å². The van der Waals surface area contributed by atoms with Crippen LogP contribution in [0.3, 0.4) is 0 Å². The number of rotatable bonds is 7. The Hall–Kier alpha value is -0.450. The van der Waals surface area contributed by atoms with Crippen molar-refractivity contribution in [3.8, 4) is 0 Å². The van der Waals surface area contributed by atoms with Crippen molar-refractivity contribution in [2.24, 2.45) is 4.99 Å². The number of nitrogens with zero attached hydrogens (tertiary/aromatic N) is 4. The molecule has 1 aromatic rings. The van der Waals surface area contributed by atoms with Gasteiger partial charge in [0.2, 0.25) is 0 Å². The molecule has 2 heterocycles. The maximum atomic E-state index is 4.35. The standard InChI is InChI=1S/C16H30N6S.HI/c1-14-12-19-15(23-14)13-20-16(17-2)18-6-4-5-7-22-10-8-21(3)9-11-22;/h12H,4-11,13H2,1-3H3,(H2,17,18,20);1H. The van der Waals surface area contributed by atoms with Gasteiger partial charge in [0.15, 0.2) is 5.96 Å². The first-order valence-electron chi connectivity index (χ1n) is 8.44. The zero-order valence-electron chi connectivity index (χ0n) is 15.0. The molecule has 0 spiro atoms. The molecule has 0 atom stereocenters. The van der Waals surface area contributed by atoms with Gasteiger partial charge in [-0.3, -0.25) is 4.99 Å². The smallest absolute Gasteiger partial charge is 0.191 e. The quantitative estimate of drug-likeness (QED) is 0.278. The summed E-state index contributed by atoms with van der Waals surface area (Å²) in [5, 5.41) is 7.79. The van der Waals surface area contributed by atoms with Crippen LogP contribution in [0, 0.1) is 6.92 Å². The van der Waals surface area contributed by atoms with Crippen molar-refractivity contribution in [3.05, 3.63) is 16.1 Å². The maximum Gasteiger partial charge on any atom is 0.191 e. The van der Waals surface area contributed by atoms with E-state index in [1.165, 1.54) is 50.4 Å². The molecule has 1 aromatic heterocycles. The van der Waals surface area contributed by atoms with E-state index in [9.17, 15) is 0 Å². The van der Waals surface area contributed by atoms with Gasteiger partial charge < -0.3 is 20.4 Å². The average molecular weight is 466 g/mol. The van der Waals surface area contributed by atoms with Crippen molar-refractivity contribution in [1.82, 2.24) is 25.4 Å². The lowest BCUT2D eigenvalue weighted by Gasteiger charge is -2.32. The first-order chi connectivity index (χ1) is 11.2. The van der Waals surface area contributed by atoms with Gasteiger partial charge in [-0.1, -0.05) is 0 Å². The molecule has 2 N–H and O–H groups in total. The number of halogens is 1. The maximum absolute atomic E-state index is 4.35.